The van der Waals surface area contributed by atoms with Crippen molar-refractivity contribution in [2.45, 2.75) is 39.7 Å². The number of aliphatic imine (C=N–C) groups is 1. The highest BCUT2D eigenvalue weighted by Crippen LogP contribution is 2.25. The molecule has 0 aliphatic carbocycles. The van der Waals surface area contributed by atoms with Crippen LogP contribution in [0.3, 0.4) is 0 Å². The van der Waals surface area contributed by atoms with Crippen LogP contribution in [0.2, 0.25) is 0 Å². The Labute approximate surface area is 177 Å². The number of rotatable bonds is 6. The monoisotopic (exact) mass is 488 g/mol. The number of hydrogen-bond acceptors (Lipinski definition) is 4. The van der Waals surface area contributed by atoms with Gasteiger partial charge in [0.1, 0.15) is 17.4 Å². The molecule has 0 fully saturated rings. The fourth-order valence-corrected chi connectivity index (χ4v) is 2.98. The third kappa shape index (κ3) is 7.49. The van der Waals surface area contributed by atoms with Gasteiger partial charge in [-0.1, -0.05) is 32.9 Å². The highest BCUT2D eigenvalue weighted by molar-refractivity contribution is 14.0. The number of benzene rings is 1. The fraction of sp³-hybridized carbons (Fsp3) is 0.474. The third-order valence-electron chi connectivity index (χ3n) is 3.66. The van der Waals surface area contributed by atoms with Gasteiger partial charge in [-0.15, -0.1) is 35.3 Å². The molecule has 7 heteroatoms. The first kappa shape index (κ1) is 22.7. The largest absolute Gasteiger partial charge is 0.492 e. The summed E-state index contributed by atoms with van der Waals surface area (Å²) in [5.74, 6) is 1.65. The van der Waals surface area contributed by atoms with Gasteiger partial charge in [-0.05, 0) is 30.0 Å². The van der Waals surface area contributed by atoms with Crippen molar-refractivity contribution in [1.82, 2.24) is 15.6 Å². The Kier molecular flexibility index (Phi) is 9.35. The summed E-state index contributed by atoms with van der Waals surface area (Å²) >= 11 is 1.69. The van der Waals surface area contributed by atoms with E-state index in [2.05, 4.69) is 60.4 Å². The van der Waals surface area contributed by atoms with Crippen molar-refractivity contribution in [3.05, 3.63) is 45.9 Å². The Morgan fingerprint density at radius 2 is 2.04 bits per heavy atom. The fourth-order valence-electron chi connectivity index (χ4n) is 2.25. The molecule has 0 saturated heterocycles. The maximum Gasteiger partial charge on any atom is 0.191 e. The molecule has 0 aliphatic heterocycles. The number of hydrogen-bond donors (Lipinski definition) is 2. The summed E-state index contributed by atoms with van der Waals surface area (Å²) in [6, 6.07) is 8.28. The number of guanidine groups is 1. The van der Waals surface area contributed by atoms with E-state index in [1.165, 1.54) is 10.4 Å². The minimum atomic E-state index is 0. The maximum absolute atomic E-state index is 5.85. The Morgan fingerprint density at radius 3 is 2.65 bits per heavy atom. The molecule has 0 bridgehead atoms. The van der Waals surface area contributed by atoms with Crippen molar-refractivity contribution >= 4 is 41.3 Å². The number of aryl methyl sites for hydroxylation is 1. The Hall–Kier alpha value is -1.35. The van der Waals surface area contributed by atoms with Gasteiger partial charge in [0.2, 0.25) is 0 Å². The quantitative estimate of drug-likeness (QED) is 0.278. The van der Waals surface area contributed by atoms with Crippen LogP contribution in [0, 0.1) is 6.92 Å². The minimum Gasteiger partial charge on any atom is -0.492 e. The third-order valence-corrected chi connectivity index (χ3v) is 4.58. The van der Waals surface area contributed by atoms with Crippen LogP contribution in [0.15, 0.2) is 35.5 Å². The van der Waals surface area contributed by atoms with Crippen molar-refractivity contribution in [2.75, 3.05) is 20.2 Å². The van der Waals surface area contributed by atoms with E-state index >= 15 is 0 Å². The standard InChI is InChI=1S/C19H28N4OS.HI/c1-14-12-22-17(25-14)13-23-18(20-5)21-9-10-24-16-8-6-7-15(11-16)19(2,3)4;/h6-8,11-12H,9-10,13H2,1-5H3,(H2,20,21,23);1H. The van der Waals surface area contributed by atoms with Crippen molar-refractivity contribution < 1.29 is 4.74 Å². The van der Waals surface area contributed by atoms with Gasteiger partial charge >= 0.3 is 0 Å². The lowest BCUT2D eigenvalue weighted by molar-refractivity contribution is 0.321. The van der Waals surface area contributed by atoms with Crippen molar-refractivity contribution in [3.63, 3.8) is 0 Å². The number of ether oxygens (including phenoxy) is 1. The van der Waals surface area contributed by atoms with Gasteiger partial charge in [0, 0.05) is 18.1 Å². The maximum atomic E-state index is 5.85. The molecule has 0 unspecified atom stereocenters. The van der Waals surface area contributed by atoms with E-state index in [0.717, 1.165) is 16.7 Å². The van der Waals surface area contributed by atoms with Crippen molar-refractivity contribution in [3.8, 4) is 5.75 Å². The van der Waals surface area contributed by atoms with Gasteiger partial charge in [-0.25, -0.2) is 4.98 Å². The van der Waals surface area contributed by atoms with Gasteiger partial charge < -0.3 is 15.4 Å². The summed E-state index contributed by atoms with van der Waals surface area (Å²) in [7, 11) is 1.76. The molecule has 0 aliphatic rings. The number of aromatic nitrogens is 1. The minimum absolute atomic E-state index is 0. The number of nitrogens with one attached hydrogen (secondary N) is 2. The molecule has 2 aromatic rings. The van der Waals surface area contributed by atoms with E-state index in [9.17, 15) is 0 Å². The second-order valence-corrected chi connectivity index (χ2v) is 8.16. The van der Waals surface area contributed by atoms with Crippen LogP contribution in [0.1, 0.15) is 36.2 Å². The summed E-state index contributed by atoms with van der Waals surface area (Å²) < 4.78 is 5.85. The molecule has 0 radical (unpaired) electrons. The highest BCUT2D eigenvalue weighted by atomic mass is 127. The Balaban J connectivity index is 0.00000338. The molecule has 1 aromatic heterocycles. The molecule has 2 rings (SSSR count). The van der Waals surface area contributed by atoms with Gasteiger partial charge in [0.25, 0.3) is 0 Å². The molecule has 0 spiro atoms. The summed E-state index contributed by atoms with van der Waals surface area (Å²) in [5, 5.41) is 7.56. The van der Waals surface area contributed by atoms with E-state index in [4.69, 9.17) is 4.74 Å². The van der Waals surface area contributed by atoms with Crippen LogP contribution in [-0.4, -0.2) is 31.1 Å². The molecule has 2 N–H and O–H groups in total. The van der Waals surface area contributed by atoms with E-state index in [1.807, 2.05) is 18.3 Å². The zero-order valence-electron chi connectivity index (χ0n) is 16.1. The van der Waals surface area contributed by atoms with E-state index in [-0.39, 0.29) is 29.4 Å². The van der Waals surface area contributed by atoms with Crippen LogP contribution < -0.4 is 15.4 Å². The first-order valence-electron chi connectivity index (χ1n) is 8.47. The average molecular weight is 488 g/mol. The SMILES string of the molecule is CN=C(NCCOc1cccc(C(C)(C)C)c1)NCc1ncc(C)s1.I. The molecule has 26 heavy (non-hydrogen) atoms. The first-order chi connectivity index (χ1) is 11.9. The van der Waals surface area contributed by atoms with Crippen molar-refractivity contribution in [2.24, 2.45) is 4.99 Å². The predicted octanol–water partition coefficient (Wildman–Crippen LogP) is 4.11. The zero-order valence-corrected chi connectivity index (χ0v) is 19.3. The lowest BCUT2D eigenvalue weighted by Crippen LogP contribution is -2.38. The number of halogens is 1. The van der Waals surface area contributed by atoms with Gasteiger partial charge in [-0.3, -0.25) is 4.99 Å². The van der Waals surface area contributed by atoms with E-state index in [0.29, 0.717) is 19.7 Å². The second-order valence-electron chi connectivity index (χ2n) is 6.84. The van der Waals surface area contributed by atoms with Crippen LogP contribution in [0.5, 0.6) is 5.75 Å². The average Bonchev–Trinajstić information content (AvgIpc) is 2.99. The molecular weight excluding hydrogens is 459 g/mol. The first-order valence-corrected chi connectivity index (χ1v) is 9.29. The summed E-state index contributed by atoms with van der Waals surface area (Å²) in [6.07, 6.45) is 1.89. The summed E-state index contributed by atoms with van der Waals surface area (Å²) in [5.41, 5.74) is 1.40. The van der Waals surface area contributed by atoms with Gasteiger partial charge in [0.15, 0.2) is 5.96 Å². The zero-order chi connectivity index (χ0) is 18.3. The summed E-state index contributed by atoms with van der Waals surface area (Å²) in [6.45, 7) is 10.6. The van der Waals surface area contributed by atoms with Crippen LogP contribution >= 0.6 is 35.3 Å². The molecular formula is C19H29IN4OS. The van der Waals surface area contributed by atoms with Crippen LogP contribution in [0.25, 0.3) is 0 Å². The van der Waals surface area contributed by atoms with E-state index in [1.54, 1.807) is 18.4 Å². The smallest absolute Gasteiger partial charge is 0.191 e. The molecule has 0 atom stereocenters. The van der Waals surface area contributed by atoms with Crippen LogP contribution in [-0.2, 0) is 12.0 Å². The Bertz CT molecular complexity index is 710. The molecule has 144 valence electrons. The van der Waals surface area contributed by atoms with Gasteiger partial charge in [-0.2, -0.15) is 0 Å². The molecule has 5 nitrogen and oxygen atoms in total. The Morgan fingerprint density at radius 1 is 1.27 bits per heavy atom. The molecule has 0 saturated carbocycles. The van der Waals surface area contributed by atoms with Gasteiger partial charge in [0.05, 0.1) is 13.1 Å². The highest BCUT2D eigenvalue weighted by Gasteiger charge is 2.13. The predicted molar refractivity (Wildman–Crippen MR) is 121 cm³/mol. The molecule has 0 amide bonds. The number of nitrogens with zero attached hydrogens (tertiary/aromatic N) is 2. The lowest BCUT2D eigenvalue weighted by Gasteiger charge is -2.20. The molecule has 1 aromatic carbocycles. The number of thiazole rings is 1. The van der Waals surface area contributed by atoms with Crippen LogP contribution in [0.4, 0.5) is 0 Å². The van der Waals surface area contributed by atoms with Crippen molar-refractivity contribution in [1.29, 1.82) is 0 Å². The van der Waals surface area contributed by atoms with E-state index < -0.39 is 0 Å². The molecule has 1 heterocycles. The topological polar surface area (TPSA) is 58.5 Å². The summed E-state index contributed by atoms with van der Waals surface area (Å²) in [4.78, 5) is 9.76. The normalized spacial score (nSPS) is 11.7. The second kappa shape index (κ2) is 10.7. The lowest BCUT2D eigenvalue weighted by atomic mass is 9.87.